The SMILES string of the molecule is [2H]C1(O)OC(C(=O)O)C([2H])(O)C([2H])(O)C1([2H])O. The van der Waals surface area contributed by atoms with Crippen molar-refractivity contribution < 1.29 is 40.5 Å². The molecule has 0 aromatic heterocycles. The maximum Gasteiger partial charge on any atom is 0.335 e. The molecule has 0 aromatic carbocycles. The van der Waals surface area contributed by atoms with Crippen LogP contribution in [-0.4, -0.2) is 62.1 Å². The van der Waals surface area contributed by atoms with Crippen LogP contribution in [0.5, 0.6) is 0 Å². The molecular weight excluding hydrogens is 184 g/mol. The van der Waals surface area contributed by atoms with Gasteiger partial charge in [-0.25, -0.2) is 4.79 Å². The Bertz CT molecular complexity index is 352. The van der Waals surface area contributed by atoms with E-state index in [-0.39, 0.29) is 0 Å². The van der Waals surface area contributed by atoms with Crippen LogP contribution in [0.2, 0.25) is 0 Å². The predicted molar refractivity (Wildman–Crippen MR) is 36.5 cm³/mol. The fourth-order valence-corrected chi connectivity index (χ4v) is 0.737. The van der Waals surface area contributed by atoms with Crippen LogP contribution in [0.4, 0.5) is 0 Å². The highest BCUT2D eigenvalue weighted by Crippen LogP contribution is 2.19. The first-order chi connectivity index (χ1) is 7.29. The lowest BCUT2D eigenvalue weighted by atomic mass is 9.99. The summed E-state index contributed by atoms with van der Waals surface area (Å²) in [5.41, 5.74) is 0. The van der Waals surface area contributed by atoms with Crippen LogP contribution >= 0.6 is 0 Å². The molecule has 1 aliphatic heterocycles. The van der Waals surface area contributed by atoms with Gasteiger partial charge in [0.05, 0.1) is 5.48 Å². The molecule has 1 rings (SSSR count). The number of aliphatic carboxylic acids is 1. The lowest BCUT2D eigenvalue weighted by Gasteiger charge is -2.36. The number of ether oxygens (including phenoxy) is 1. The summed E-state index contributed by atoms with van der Waals surface area (Å²) in [6.07, 6.45) is -17.8. The molecule has 5 unspecified atom stereocenters. The first-order valence-electron chi connectivity index (χ1n) is 5.09. The van der Waals surface area contributed by atoms with Gasteiger partial charge in [-0.1, -0.05) is 0 Å². The Morgan fingerprint density at radius 2 is 1.69 bits per heavy atom. The molecule has 5 N–H and O–H groups in total. The largest absolute Gasteiger partial charge is 0.479 e. The summed E-state index contributed by atoms with van der Waals surface area (Å²) in [6, 6.07) is 0. The summed E-state index contributed by atoms with van der Waals surface area (Å²) < 4.78 is 32.1. The van der Waals surface area contributed by atoms with Gasteiger partial charge in [-0.15, -0.1) is 0 Å². The molecule has 1 fully saturated rings. The van der Waals surface area contributed by atoms with Crippen LogP contribution in [0.1, 0.15) is 5.48 Å². The second-order valence-corrected chi connectivity index (χ2v) is 2.22. The van der Waals surface area contributed by atoms with E-state index < -0.39 is 36.6 Å². The summed E-state index contributed by atoms with van der Waals surface area (Å²) in [5, 5.41) is 45.7. The van der Waals surface area contributed by atoms with Gasteiger partial charge in [-0.2, -0.15) is 0 Å². The molecule has 7 nitrogen and oxygen atoms in total. The van der Waals surface area contributed by atoms with E-state index in [2.05, 4.69) is 4.74 Å². The Balaban J connectivity index is 3.39. The highest BCUT2D eigenvalue weighted by Gasteiger charge is 2.46. The van der Waals surface area contributed by atoms with E-state index in [1.165, 1.54) is 0 Å². The lowest BCUT2D eigenvalue weighted by Crippen LogP contribution is -2.59. The molecule has 1 heterocycles. The fourth-order valence-electron chi connectivity index (χ4n) is 0.737. The average molecular weight is 198 g/mol. The summed E-state index contributed by atoms with van der Waals surface area (Å²) >= 11 is 0. The summed E-state index contributed by atoms with van der Waals surface area (Å²) in [4.78, 5) is 10.6. The Morgan fingerprint density at radius 3 is 2.15 bits per heavy atom. The van der Waals surface area contributed by atoms with Gasteiger partial charge >= 0.3 is 5.97 Å². The van der Waals surface area contributed by atoms with Gasteiger partial charge in [0, 0.05) is 0 Å². The molecule has 0 aromatic rings. The Kier molecular flexibility index (Phi) is 1.61. The Hall–Kier alpha value is -0.730. The standard InChI is InChI=1S/C6H10O7/c7-1-2(8)4(5(10)11)13-6(12)3(1)9/h1-4,6-9,12H,(H,10,11)/i1D,2D,3D,6D. The second kappa shape index (κ2) is 3.56. The minimum atomic E-state index is -3.89. The minimum Gasteiger partial charge on any atom is -0.479 e. The zero-order valence-electron chi connectivity index (χ0n) is 10.1. The van der Waals surface area contributed by atoms with E-state index in [1.54, 1.807) is 0 Å². The van der Waals surface area contributed by atoms with Crippen molar-refractivity contribution in [3.05, 3.63) is 0 Å². The normalized spacial score (nSPS) is 73.1. The van der Waals surface area contributed by atoms with Crippen molar-refractivity contribution >= 4 is 5.97 Å². The van der Waals surface area contributed by atoms with Crippen LogP contribution < -0.4 is 0 Å². The van der Waals surface area contributed by atoms with Crippen molar-refractivity contribution in [1.82, 2.24) is 0 Å². The third-order valence-electron chi connectivity index (χ3n) is 1.37. The summed E-state index contributed by atoms with van der Waals surface area (Å²) in [6.45, 7) is 0. The number of carboxylic acid groups (broad SMARTS) is 1. The van der Waals surface area contributed by atoms with Crippen LogP contribution in [-0.2, 0) is 9.53 Å². The number of rotatable bonds is 1. The lowest BCUT2D eigenvalue weighted by molar-refractivity contribution is -0.279. The highest BCUT2D eigenvalue weighted by molar-refractivity contribution is 5.73. The average Bonchev–Trinajstić information content (AvgIpc) is 2.11. The number of carbonyl (C=O) groups is 1. The van der Waals surface area contributed by atoms with Crippen LogP contribution in [0.15, 0.2) is 0 Å². The van der Waals surface area contributed by atoms with Crippen molar-refractivity contribution in [3.8, 4) is 0 Å². The first kappa shape index (κ1) is 5.89. The third-order valence-corrected chi connectivity index (χ3v) is 1.37. The van der Waals surface area contributed by atoms with Gasteiger partial charge in [0.1, 0.15) is 18.2 Å². The highest BCUT2D eigenvalue weighted by atomic mass is 16.6. The first-order valence-corrected chi connectivity index (χ1v) is 3.09. The third kappa shape index (κ3) is 1.79. The Morgan fingerprint density at radius 1 is 1.15 bits per heavy atom. The molecule has 0 saturated carbocycles. The zero-order valence-corrected chi connectivity index (χ0v) is 6.13. The molecule has 0 aliphatic carbocycles. The molecular formula is C6H10O7. The zero-order chi connectivity index (χ0) is 13.9. The maximum absolute atomic E-state index is 10.6. The number of aliphatic hydroxyl groups is 4. The molecule has 0 radical (unpaired) electrons. The number of hydrogen-bond acceptors (Lipinski definition) is 6. The molecule has 1 saturated heterocycles. The van der Waals surface area contributed by atoms with E-state index in [4.69, 9.17) is 15.7 Å². The molecule has 13 heavy (non-hydrogen) atoms. The summed E-state index contributed by atoms with van der Waals surface area (Å²) in [5.74, 6) is -2.06. The van der Waals surface area contributed by atoms with Gasteiger partial charge in [0.15, 0.2) is 12.4 Å². The van der Waals surface area contributed by atoms with Crippen molar-refractivity contribution in [2.75, 3.05) is 0 Å². The van der Waals surface area contributed by atoms with E-state index in [1.807, 2.05) is 0 Å². The molecule has 0 amide bonds. The van der Waals surface area contributed by atoms with Gasteiger partial charge in [0.25, 0.3) is 0 Å². The fraction of sp³-hybridized carbons (Fsp3) is 0.833. The molecule has 1 aliphatic rings. The van der Waals surface area contributed by atoms with E-state index >= 15 is 0 Å². The van der Waals surface area contributed by atoms with E-state index in [0.29, 0.717) is 0 Å². The molecule has 0 spiro atoms. The predicted octanol–water partition coefficient (Wildman–Crippen LogP) is -3.13. The van der Waals surface area contributed by atoms with Crippen molar-refractivity contribution in [2.24, 2.45) is 0 Å². The quantitative estimate of drug-likeness (QED) is 0.301. The topological polar surface area (TPSA) is 127 Å². The van der Waals surface area contributed by atoms with Gasteiger partial charge in [-0.3, -0.25) is 0 Å². The molecule has 5 atom stereocenters. The van der Waals surface area contributed by atoms with Crippen LogP contribution in [0.25, 0.3) is 0 Å². The van der Waals surface area contributed by atoms with E-state index in [0.717, 1.165) is 0 Å². The van der Waals surface area contributed by atoms with Crippen molar-refractivity contribution in [2.45, 2.75) is 30.6 Å². The number of carboxylic acids is 1. The van der Waals surface area contributed by atoms with Gasteiger partial charge in [0.2, 0.25) is 0 Å². The Labute approximate surface area is 78.4 Å². The minimum absolute atomic E-state index is 2.06. The van der Waals surface area contributed by atoms with E-state index in [9.17, 15) is 20.1 Å². The molecule has 7 heteroatoms. The monoisotopic (exact) mass is 198 g/mol. The van der Waals surface area contributed by atoms with Gasteiger partial charge in [-0.05, 0) is 0 Å². The van der Waals surface area contributed by atoms with Crippen molar-refractivity contribution in [3.63, 3.8) is 0 Å². The van der Waals surface area contributed by atoms with Gasteiger partial charge < -0.3 is 30.3 Å². The van der Waals surface area contributed by atoms with Crippen molar-refractivity contribution in [1.29, 1.82) is 0 Å². The second-order valence-electron chi connectivity index (χ2n) is 2.22. The van der Waals surface area contributed by atoms with Crippen LogP contribution in [0.3, 0.4) is 0 Å². The maximum atomic E-state index is 10.6. The summed E-state index contributed by atoms with van der Waals surface area (Å²) in [7, 11) is 0. The van der Waals surface area contributed by atoms with Crippen LogP contribution in [0, 0.1) is 0 Å². The smallest absolute Gasteiger partial charge is 0.335 e. The molecule has 76 valence electrons. The molecule has 0 bridgehead atoms. The number of hydrogen-bond donors (Lipinski definition) is 5.